The summed E-state index contributed by atoms with van der Waals surface area (Å²) in [7, 11) is 3.78. The molecule has 0 spiro atoms. The summed E-state index contributed by atoms with van der Waals surface area (Å²) in [6, 6.07) is 32.7. The van der Waals surface area contributed by atoms with Crippen LogP contribution in [-0.4, -0.2) is 199 Å². The van der Waals surface area contributed by atoms with Crippen LogP contribution >= 0.6 is 133 Å². The SMILES string of the molecule is C.C=C1C(=O)[C@@H]2OC(C)(C)O[C@@H]2[C@H]1CCc1ccc2cc(Br)c(Cl)nc2c1.C=C[C@H]1CC(=O)[C@@H]2OC(C)(C)O[C@H]12.C=C[C@H]1C[C@H](O)[C@@H]2OC(C)(C)O[C@@H]21.C=[N+](C)C.CC1(C)O[C@@H]2C=CC(=O)[C@@H]2O1.CC1(C)O[C@@H]2[C@@H](CCc3ccc4cc(Br)c(Cl)nc4c3)CC(=O)[C@@H]2O1.CC1(C)O[C@@H]2[C@@H](CCc3ccc4cc(Br)c(Cl)nc4c3)C[C@H](O)[C@@H]2O1.Clc1nc2cc(I)ccc2cc1Br.[I-]. The highest BCUT2D eigenvalue weighted by Crippen LogP contribution is 2.49. The molecule has 11 fully saturated rings. The number of carbonyl (C=O) groups is 4. The third kappa shape index (κ3) is 26.5. The number of hydrogen-bond acceptors (Lipinski definition) is 22. The largest absolute Gasteiger partial charge is 1.00 e. The first-order chi connectivity index (χ1) is 60.9. The number of ketones is 4. The standard InChI is InChI=1S/C20H19BrClNO3.C19H21BrClNO3.C19H19BrClNO3.C10H16O3.C10H14O3.C9H4BrClIN.C8H10O3.C3H8N.CH4.HI/c1-10-13(17-18(16(10)24)26-20(2,3)25-17)7-5-11-4-6-12-9-14(21)19(22)23-15(12)8-11;2*1-19(2)24-16-12(9-15(23)17(16)25-19)6-4-10-3-5-11-8-13(20)18(21)22-14(11)7-10;2*1-4-6-5-7(11)9-8(6)12-10(2,3)13-9;10-7-3-5-1-2-6(12)4-8(5)13-9(7)11;1-8(2)10-6-4-3-5(9)7(6)11-8;1-4(2)3;;/h4,6,8-9,13,17-18H,1,5,7H2,2-3H3;3,5,7-8,12,15-17,23H,4,6,9H2,1-2H3;3,5,7-8,12,16-17H,4,6,9H2,1-2H3;4,6-9,11H,1,5H2,2-3H3;4,6,8-9H,1,5H2,2-3H3;1-4H;3-4,6-7H,1-2H3;1H2,2-3H3;1H4;1H/q;;;;;;;+1;;/p-1/t13-,17+,18-;12-,15-,16+,17-;12-,16+,17-;6-,7-,8+,9-;6-,8+,9-;;6-,7+;;;/m00000.1.../s1. The third-order valence-electron chi connectivity index (χ3n) is 24.1. The van der Waals surface area contributed by atoms with E-state index in [1.54, 1.807) is 16.7 Å². The number of rotatable bonds is 11. The average molecular weight is 2380 g/mol. The van der Waals surface area contributed by atoms with Gasteiger partial charge >= 0.3 is 0 Å². The molecule has 8 aromatic rings. The van der Waals surface area contributed by atoms with Crippen LogP contribution in [0.25, 0.3) is 43.6 Å². The van der Waals surface area contributed by atoms with Crippen molar-refractivity contribution in [3.63, 3.8) is 0 Å². The summed E-state index contributed by atoms with van der Waals surface area (Å²) in [5.74, 6) is -2.64. The van der Waals surface area contributed by atoms with Gasteiger partial charge in [0.1, 0.15) is 84.2 Å². The molecule has 4 aromatic heterocycles. The van der Waals surface area contributed by atoms with Gasteiger partial charge in [-0.15, -0.1) is 13.2 Å². The van der Waals surface area contributed by atoms with Crippen LogP contribution in [0.15, 0.2) is 165 Å². The smallest absolute Gasteiger partial charge is 0.190 e. The molecule has 4 aromatic carbocycles. The molecule has 23 nitrogen and oxygen atoms in total. The maximum Gasteiger partial charge on any atom is 0.190 e. The summed E-state index contributed by atoms with van der Waals surface area (Å²) < 4.78 is 74.6. The van der Waals surface area contributed by atoms with E-state index >= 15 is 0 Å². The molecule has 132 heavy (non-hydrogen) atoms. The second-order valence-electron chi connectivity index (χ2n) is 37.4. The third-order valence-corrected chi connectivity index (χ3v) is 29.3. The number of aryl methyl sites for hydroxylation is 3. The zero-order valence-electron chi connectivity index (χ0n) is 75.4. The molecule has 714 valence electrons. The monoisotopic (exact) mass is 2370 g/mol. The Bertz CT molecular complexity index is 5690. The summed E-state index contributed by atoms with van der Waals surface area (Å²) in [5.41, 5.74) is 7.73. The fourth-order valence-corrected chi connectivity index (χ4v) is 20.8. The predicted octanol–water partition coefficient (Wildman–Crippen LogP) is 18.9. The van der Waals surface area contributed by atoms with E-state index < -0.39 is 59.1 Å². The quantitative estimate of drug-likeness (QED) is 0.0304. The lowest BCUT2D eigenvalue weighted by atomic mass is 9.93. The first kappa shape index (κ1) is 108. The number of pyridine rings is 4. The number of aliphatic hydroxyl groups is 2. The fourth-order valence-electron chi connectivity index (χ4n) is 18.4. The van der Waals surface area contributed by atoms with Gasteiger partial charge in [-0.3, -0.25) is 19.2 Å². The molecule has 10 heterocycles. The average Bonchev–Trinajstić information content (AvgIpc) is 1.59. The van der Waals surface area contributed by atoms with Gasteiger partial charge in [-0.2, -0.15) is 0 Å². The van der Waals surface area contributed by atoms with E-state index in [1.807, 2.05) is 158 Å². The van der Waals surface area contributed by atoms with Crippen molar-refractivity contribution in [1.29, 1.82) is 0 Å². The molecule has 0 bridgehead atoms. The highest BCUT2D eigenvalue weighted by atomic mass is 127. The van der Waals surface area contributed by atoms with E-state index in [1.165, 1.54) is 17.2 Å². The molecule has 5 saturated carbocycles. The molecule has 6 aliphatic carbocycles. The second kappa shape index (κ2) is 44.3. The molecule has 2 N–H and O–H groups in total. The number of halogens is 10. The zero-order valence-corrected chi connectivity index (χ0v) is 89.0. The number of aliphatic hydroxyl groups excluding tert-OH is 2. The van der Waals surface area contributed by atoms with E-state index in [9.17, 15) is 29.4 Å². The lowest BCUT2D eigenvalue weighted by Crippen LogP contribution is -3.00. The number of carbonyl (C=O) groups excluding carboxylic acids is 4. The van der Waals surface area contributed by atoms with Crippen LogP contribution in [0, 0.1) is 33.2 Å². The van der Waals surface area contributed by atoms with Crippen molar-refractivity contribution in [3.8, 4) is 0 Å². The van der Waals surface area contributed by atoms with Gasteiger partial charge in [-0.25, -0.2) is 24.5 Å². The lowest BCUT2D eigenvalue weighted by molar-refractivity contribution is -0.454. The van der Waals surface area contributed by atoms with Crippen molar-refractivity contribution in [3.05, 3.63) is 205 Å². The van der Waals surface area contributed by atoms with Crippen LogP contribution < -0.4 is 24.0 Å². The van der Waals surface area contributed by atoms with E-state index in [0.717, 1.165) is 116 Å². The van der Waals surface area contributed by atoms with Crippen molar-refractivity contribution in [1.82, 2.24) is 19.9 Å². The van der Waals surface area contributed by atoms with Crippen molar-refractivity contribution in [2.45, 2.75) is 275 Å². The van der Waals surface area contributed by atoms with Crippen molar-refractivity contribution >= 4 is 206 Å². The summed E-state index contributed by atoms with van der Waals surface area (Å²) in [6.45, 7) is 37.2. The maximum atomic E-state index is 12.4. The topological polar surface area (TPSA) is 274 Å². The number of ether oxygens (including phenoxy) is 12. The Morgan fingerprint density at radius 2 is 0.803 bits per heavy atom. The van der Waals surface area contributed by atoms with Gasteiger partial charge < -0.3 is 91.0 Å². The number of aromatic nitrogens is 4. The maximum absolute atomic E-state index is 12.4. The predicted molar refractivity (Wildman–Crippen MR) is 531 cm³/mol. The number of benzene rings is 4. The van der Waals surface area contributed by atoms with Crippen LogP contribution in [0.3, 0.4) is 0 Å². The summed E-state index contributed by atoms with van der Waals surface area (Å²) in [6.07, 6.45) is 11.1. The molecule has 33 heteroatoms. The van der Waals surface area contributed by atoms with E-state index in [-0.39, 0.29) is 139 Å². The van der Waals surface area contributed by atoms with Gasteiger partial charge in [0.05, 0.1) is 70.5 Å². The number of Topliss-reactive ketones (excluding diaryl/α,β-unsaturated/α-hetero) is 3. The molecule has 0 radical (unpaired) electrons. The Balaban J connectivity index is 0.000000151. The van der Waals surface area contributed by atoms with E-state index in [0.29, 0.717) is 51.4 Å². The van der Waals surface area contributed by atoms with Gasteiger partial charge in [0.15, 0.2) is 70.1 Å². The number of nitrogens with zero attached hydrogens (tertiary/aromatic N) is 5. The van der Waals surface area contributed by atoms with Crippen LogP contribution in [0.4, 0.5) is 0 Å². The second-order valence-corrected chi connectivity index (χ2v) is 43.5. The first-order valence-corrected chi connectivity index (χ1v) is 49.1. The summed E-state index contributed by atoms with van der Waals surface area (Å²) in [4.78, 5) is 64.6. The van der Waals surface area contributed by atoms with Gasteiger partial charge in [-0.1, -0.05) is 115 Å². The van der Waals surface area contributed by atoms with Crippen LogP contribution in [-0.2, 0) is 95.3 Å². The molecular weight excluding hydrogens is 2260 g/mol. The minimum absolute atomic E-state index is 0. The van der Waals surface area contributed by atoms with Crippen molar-refractivity contribution in [2.75, 3.05) is 14.1 Å². The Labute approximate surface area is 856 Å². The number of fused-ring (bicyclic) bond motifs is 10. The lowest BCUT2D eigenvalue weighted by Gasteiger charge is -2.22. The Hall–Kier alpha value is -4.19. The highest BCUT2D eigenvalue weighted by Gasteiger charge is 2.58. The van der Waals surface area contributed by atoms with Crippen molar-refractivity contribution < 1.29 is 115 Å². The van der Waals surface area contributed by atoms with Gasteiger partial charge in [0.25, 0.3) is 0 Å². The highest BCUT2D eigenvalue weighted by molar-refractivity contribution is 14.1. The molecule has 12 aliphatic rings. The molecule has 19 atom stereocenters. The Kier molecular flexibility index (Phi) is 36.3. The molecule has 0 amide bonds. The molecule has 0 unspecified atom stereocenters. The first-order valence-electron chi connectivity index (χ1n) is 43.3. The Morgan fingerprint density at radius 1 is 0.447 bits per heavy atom. The van der Waals surface area contributed by atoms with E-state index in [4.69, 9.17) is 103 Å². The molecule has 6 saturated heterocycles. The van der Waals surface area contributed by atoms with Crippen LogP contribution in [0.5, 0.6) is 0 Å². The molecule has 20 rings (SSSR count). The van der Waals surface area contributed by atoms with Gasteiger partial charge in [0.2, 0.25) is 0 Å². The Morgan fingerprint density at radius 3 is 1.27 bits per heavy atom. The van der Waals surface area contributed by atoms with Crippen molar-refractivity contribution in [2.24, 2.45) is 29.6 Å². The van der Waals surface area contributed by atoms with Crippen LogP contribution in [0.1, 0.15) is 152 Å². The fraction of sp³-hybridized carbons (Fsp3) is 0.505. The summed E-state index contributed by atoms with van der Waals surface area (Å²) >= 11 is 40.0. The molecule has 6 aliphatic heterocycles. The van der Waals surface area contributed by atoms with Crippen LogP contribution in [0.2, 0.25) is 20.6 Å². The van der Waals surface area contributed by atoms with E-state index in [2.05, 4.69) is 175 Å². The minimum atomic E-state index is -0.721. The number of hydrogen-bond donors (Lipinski definition) is 2. The zero-order chi connectivity index (χ0) is 94.5. The normalized spacial score (nSPS) is 29.9. The van der Waals surface area contributed by atoms with Gasteiger partial charge in [0, 0.05) is 55.7 Å². The summed E-state index contributed by atoms with van der Waals surface area (Å²) in [5, 5.41) is 26.1. The van der Waals surface area contributed by atoms with Gasteiger partial charge in [-0.05, 0) is 322 Å². The minimum Gasteiger partial charge on any atom is -1.00 e. The molecular formula is C99H115Br4Cl4I2N5O18.